The Balaban J connectivity index is 2.38. The molecule has 1 aromatic carbocycles. The molecule has 0 radical (unpaired) electrons. The fourth-order valence-corrected chi connectivity index (χ4v) is 4.28. The summed E-state index contributed by atoms with van der Waals surface area (Å²) in [6.45, 7) is 2.49. The van der Waals surface area contributed by atoms with E-state index in [-0.39, 0.29) is 0 Å². The molecule has 4 nitrogen and oxygen atoms in total. The Bertz CT molecular complexity index is 638. The molecule has 5 N–H and O–H groups in total. The molecule has 0 saturated carbocycles. The second-order valence-corrected chi connectivity index (χ2v) is 6.89. The predicted octanol–water partition coefficient (Wildman–Crippen LogP) is 3.29. The van der Waals surface area contributed by atoms with Crippen LogP contribution in [0.25, 0.3) is 4.91 Å². The van der Waals surface area contributed by atoms with Crippen molar-refractivity contribution >= 4 is 34.5 Å². The molecule has 0 aliphatic heterocycles. The van der Waals surface area contributed by atoms with Crippen molar-refractivity contribution in [3.05, 3.63) is 46.0 Å². The van der Waals surface area contributed by atoms with Crippen LogP contribution in [0.15, 0.2) is 39.8 Å². The third-order valence-corrected chi connectivity index (χ3v) is 5.58. The van der Waals surface area contributed by atoms with E-state index >= 15 is 0 Å². The lowest BCUT2D eigenvalue weighted by molar-refractivity contribution is 0.252. The lowest BCUT2D eigenvalue weighted by Crippen LogP contribution is -2.28. The van der Waals surface area contributed by atoms with Crippen molar-refractivity contribution in [2.45, 2.75) is 24.7 Å². The van der Waals surface area contributed by atoms with E-state index in [0.29, 0.717) is 11.6 Å². The minimum absolute atomic E-state index is 0.354. The van der Waals surface area contributed by atoms with Crippen LogP contribution in [0.1, 0.15) is 24.5 Å². The van der Waals surface area contributed by atoms with Gasteiger partial charge in [-0.05, 0) is 49.3 Å². The first-order valence-electron chi connectivity index (χ1n) is 7.07. The normalized spacial score (nSPS) is 14.8. The molecule has 1 aliphatic carbocycles. The number of fused-ring (bicyclic) bond motifs is 1. The van der Waals surface area contributed by atoms with Crippen LogP contribution in [0.3, 0.4) is 0 Å². The second kappa shape index (κ2) is 7.76. The minimum atomic E-state index is -0.570. The molecule has 0 bridgehead atoms. The number of hydrogen-bond donors (Lipinski definition) is 3. The van der Waals surface area contributed by atoms with Gasteiger partial charge in [-0.25, -0.2) is 4.79 Å². The van der Waals surface area contributed by atoms with E-state index < -0.39 is 6.03 Å². The zero-order valence-electron chi connectivity index (χ0n) is 12.8. The maximum atomic E-state index is 11.2. The van der Waals surface area contributed by atoms with Crippen molar-refractivity contribution in [2.24, 2.45) is 11.5 Å². The number of amides is 2. The summed E-state index contributed by atoms with van der Waals surface area (Å²) >= 11 is 3.30. The van der Waals surface area contributed by atoms with E-state index in [1.165, 1.54) is 38.3 Å². The number of hydrogen-bond acceptors (Lipinski definition) is 4. The molecule has 0 heterocycles. The first-order valence-corrected chi connectivity index (χ1v) is 9.11. The van der Waals surface area contributed by atoms with Gasteiger partial charge in [0.05, 0.1) is 5.03 Å². The van der Waals surface area contributed by atoms with Gasteiger partial charge in [-0.3, -0.25) is 0 Å². The van der Waals surface area contributed by atoms with Crippen LogP contribution in [-0.4, -0.2) is 18.8 Å². The number of benzene rings is 1. The van der Waals surface area contributed by atoms with Gasteiger partial charge in [0, 0.05) is 16.3 Å². The fourth-order valence-electron chi connectivity index (χ4n) is 2.48. The number of carbonyl (C=O) groups is 1. The van der Waals surface area contributed by atoms with E-state index in [2.05, 4.69) is 36.7 Å². The van der Waals surface area contributed by atoms with Gasteiger partial charge in [-0.15, -0.1) is 11.8 Å². The molecule has 0 fully saturated rings. The van der Waals surface area contributed by atoms with Gasteiger partial charge in [0.1, 0.15) is 0 Å². The van der Waals surface area contributed by atoms with Crippen LogP contribution < -0.4 is 16.8 Å². The molecule has 2 rings (SSSR count). The number of nitrogens with two attached hydrogens (primary N) is 2. The average molecular weight is 335 g/mol. The number of urea groups is 1. The van der Waals surface area contributed by atoms with Crippen molar-refractivity contribution in [3.8, 4) is 0 Å². The largest absolute Gasteiger partial charge is 0.351 e. The molecule has 6 heteroatoms. The Labute approximate surface area is 139 Å². The van der Waals surface area contributed by atoms with Gasteiger partial charge in [0.15, 0.2) is 0 Å². The first kappa shape index (κ1) is 17.0. The number of primary amides is 1. The Morgan fingerprint density at radius 3 is 2.82 bits per heavy atom. The molecule has 0 spiro atoms. The first-order chi connectivity index (χ1) is 10.6. The lowest BCUT2D eigenvalue weighted by atomic mass is 9.93. The SMILES string of the molecule is CSc1cccc2c1CCC(C)=C2S/C(=C/CN)NC(N)=O. The van der Waals surface area contributed by atoms with Crippen LogP contribution >= 0.6 is 23.5 Å². The molecule has 0 atom stereocenters. The van der Waals surface area contributed by atoms with Crippen LogP contribution in [-0.2, 0) is 6.42 Å². The Morgan fingerprint density at radius 2 is 2.18 bits per heavy atom. The maximum absolute atomic E-state index is 11.2. The fraction of sp³-hybridized carbons (Fsp3) is 0.312. The zero-order chi connectivity index (χ0) is 16.1. The van der Waals surface area contributed by atoms with E-state index in [1.807, 2.05) is 0 Å². The highest BCUT2D eigenvalue weighted by molar-refractivity contribution is 8.11. The average Bonchev–Trinajstić information content (AvgIpc) is 2.49. The molecule has 1 aromatic rings. The third kappa shape index (κ3) is 3.88. The summed E-state index contributed by atoms with van der Waals surface area (Å²) in [7, 11) is 0. The molecule has 118 valence electrons. The molecular formula is C16H21N3OS2. The summed E-state index contributed by atoms with van der Waals surface area (Å²) in [5.74, 6) is 0. The van der Waals surface area contributed by atoms with Crippen molar-refractivity contribution in [1.82, 2.24) is 5.32 Å². The number of nitrogens with one attached hydrogen (secondary N) is 1. The highest BCUT2D eigenvalue weighted by Gasteiger charge is 2.20. The lowest BCUT2D eigenvalue weighted by Gasteiger charge is -2.24. The van der Waals surface area contributed by atoms with Crippen molar-refractivity contribution in [3.63, 3.8) is 0 Å². The van der Waals surface area contributed by atoms with Crippen LogP contribution in [0, 0.1) is 0 Å². The smallest absolute Gasteiger partial charge is 0.317 e. The second-order valence-electron chi connectivity index (χ2n) is 4.99. The number of allylic oxidation sites excluding steroid dienone is 1. The summed E-state index contributed by atoms with van der Waals surface area (Å²) in [5, 5.41) is 3.34. The highest BCUT2D eigenvalue weighted by Crippen LogP contribution is 2.43. The third-order valence-electron chi connectivity index (χ3n) is 3.50. The molecule has 1 aliphatic rings. The topological polar surface area (TPSA) is 81.1 Å². The highest BCUT2D eigenvalue weighted by atomic mass is 32.2. The summed E-state index contributed by atoms with van der Waals surface area (Å²) in [6.07, 6.45) is 5.96. The van der Waals surface area contributed by atoms with Gasteiger partial charge in [-0.1, -0.05) is 29.5 Å². The van der Waals surface area contributed by atoms with Gasteiger partial charge < -0.3 is 16.8 Å². The van der Waals surface area contributed by atoms with Gasteiger partial charge in [0.25, 0.3) is 0 Å². The quantitative estimate of drug-likeness (QED) is 0.721. The van der Waals surface area contributed by atoms with Crippen LogP contribution in [0.4, 0.5) is 4.79 Å². The summed E-state index contributed by atoms with van der Waals surface area (Å²) in [6, 6.07) is 5.81. The van der Waals surface area contributed by atoms with Gasteiger partial charge in [0.2, 0.25) is 0 Å². The molecular weight excluding hydrogens is 314 g/mol. The standard InChI is InChI=1S/C16H21N3OS2/c1-10-6-7-11-12(4-3-5-13(11)21-2)15(10)22-14(8-9-17)19-16(18)20/h3-5,8H,6-7,9,17H2,1-2H3,(H3,18,19,20)/b14-8+. The molecule has 22 heavy (non-hydrogen) atoms. The maximum Gasteiger partial charge on any atom is 0.317 e. The van der Waals surface area contributed by atoms with E-state index in [1.54, 1.807) is 17.8 Å². The molecule has 0 aromatic heterocycles. The summed E-state index contributed by atoms with van der Waals surface area (Å²) < 4.78 is 0. The number of rotatable bonds is 5. The summed E-state index contributed by atoms with van der Waals surface area (Å²) in [5.41, 5.74) is 14.8. The predicted molar refractivity (Wildman–Crippen MR) is 96.6 cm³/mol. The van der Waals surface area contributed by atoms with Crippen LogP contribution in [0.5, 0.6) is 0 Å². The van der Waals surface area contributed by atoms with Crippen molar-refractivity contribution in [2.75, 3.05) is 12.8 Å². The van der Waals surface area contributed by atoms with E-state index in [4.69, 9.17) is 11.5 Å². The zero-order valence-corrected chi connectivity index (χ0v) is 14.4. The monoisotopic (exact) mass is 335 g/mol. The van der Waals surface area contributed by atoms with Gasteiger partial charge in [-0.2, -0.15) is 0 Å². The van der Waals surface area contributed by atoms with Crippen molar-refractivity contribution in [1.29, 1.82) is 0 Å². The summed E-state index contributed by atoms with van der Waals surface area (Å²) in [4.78, 5) is 13.7. The Hall–Kier alpha value is -1.37. The minimum Gasteiger partial charge on any atom is -0.351 e. The van der Waals surface area contributed by atoms with E-state index in [0.717, 1.165) is 12.8 Å². The van der Waals surface area contributed by atoms with Gasteiger partial charge >= 0.3 is 6.03 Å². The Kier molecular flexibility index (Phi) is 5.99. The number of thioether (sulfide) groups is 2. The number of carbonyl (C=O) groups excluding carboxylic acids is 1. The Morgan fingerprint density at radius 1 is 1.41 bits per heavy atom. The molecule has 0 unspecified atom stereocenters. The van der Waals surface area contributed by atoms with Crippen LogP contribution in [0.2, 0.25) is 0 Å². The molecule has 0 saturated heterocycles. The van der Waals surface area contributed by atoms with Crippen molar-refractivity contribution < 1.29 is 4.79 Å². The molecule has 2 amide bonds. The van der Waals surface area contributed by atoms with E-state index in [9.17, 15) is 4.79 Å².